The maximum Gasteiger partial charge on any atom is 0.251 e. The van der Waals surface area contributed by atoms with Crippen LogP contribution in [-0.4, -0.2) is 23.2 Å². The van der Waals surface area contributed by atoms with Crippen molar-refractivity contribution in [3.05, 3.63) is 29.1 Å². The Labute approximate surface area is 105 Å². The molecule has 1 aromatic rings. The molecular weight excluding hydrogens is 235 g/mol. The zero-order chi connectivity index (χ0) is 13.3. The van der Waals surface area contributed by atoms with Crippen LogP contribution in [0, 0.1) is 12.7 Å². The van der Waals surface area contributed by atoms with Gasteiger partial charge in [-0.3, -0.25) is 4.79 Å². The van der Waals surface area contributed by atoms with Gasteiger partial charge in [-0.1, -0.05) is 0 Å². The Morgan fingerprint density at radius 2 is 2.22 bits per heavy atom. The highest BCUT2D eigenvalue weighted by Gasteiger charge is 2.37. The van der Waals surface area contributed by atoms with Crippen molar-refractivity contribution in [3.63, 3.8) is 0 Å². The van der Waals surface area contributed by atoms with Crippen molar-refractivity contribution in [1.82, 2.24) is 5.32 Å². The van der Waals surface area contributed by atoms with Crippen LogP contribution >= 0.6 is 0 Å². The van der Waals surface area contributed by atoms with Crippen LogP contribution in [0.2, 0.25) is 0 Å². The van der Waals surface area contributed by atoms with Crippen molar-refractivity contribution in [1.29, 1.82) is 0 Å². The number of amides is 1. The van der Waals surface area contributed by atoms with Crippen LogP contribution in [-0.2, 0) is 0 Å². The SMILES string of the molecule is Cc1c(N)cc(C(=O)NC2(CO)CCC2)cc1F. The highest BCUT2D eigenvalue weighted by atomic mass is 19.1. The summed E-state index contributed by atoms with van der Waals surface area (Å²) in [7, 11) is 0. The van der Waals surface area contributed by atoms with Gasteiger partial charge in [0, 0.05) is 16.8 Å². The fourth-order valence-corrected chi connectivity index (χ4v) is 2.07. The van der Waals surface area contributed by atoms with Gasteiger partial charge in [0.1, 0.15) is 5.82 Å². The topological polar surface area (TPSA) is 75.4 Å². The average molecular weight is 252 g/mol. The number of rotatable bonds is 3. The maximum absolute atomic E-state index is 13.5. The molecule has 0 unspecified atom stereocenters. The molecule has 5 heteroatoms. The number of benzene rings is 1. The van der Waals surface area contributed by atoms with Crippen molar-refractivity contribution in [2.75, 3.05) is 12.3 Å². The minimum atomic E-state index is -0.535. The number of nitrogen functional groups attached to an aromatic ring is 1. The maximum atomic E-state index is 13.5. The van der Waals surface area contributed by atoms with Crippen molar-refractivity contribution in [2.45, 2.75) is 31.7 Å². The Hall–Kier alpha value is -1.62. The van der Waals surface area contributed by atoms with Gasteiger partial charge >= 0.3 is 0 Å². The van der Waals surface area contributed by atoms with Gasteiger partial charge in [0.25, 0.3) is 5.91 Å². The van der Waals surface area contributed by atoms with E-state index >= 15 is 0 Å². The highest BCUT2D eigenvalue weighted by Crippen LogP contribution is 2.31. The van der Waals surface area contributed by atoms with Crippen LogP contribution in [0.4, 0.5) is 10.1 Å². The third-order valence-electron chi connectivity index (χ3n) is 3.64. The van der Waals surface area contributed by atoms with Crippen molar-refractivity contribution in [2.24, 2.45) is 0 Å². The summed E-state index contributed by atoms with van der Waals surface area (Å²) in [6.07, 6.45) is 2.48. The van der Waals surface area contributed by atoms with E-state index in [1.807, 2.05) is 0 Å². The Bertz CT molecular complexity index is 455. The molecule has 1 fully saturated rings. The van der Waals surface area contributed by atoms with Gasteiger partial charge in [0.2, 0.25) is 0 Å². The smallest absolute Gasteiger partial charge is 0.251 e. The lowest BCUT2D eigenvalue weighted by molar-refractivity contribution is 0.0641. The summed E-state index contributed by atoms with van der Waals surface area (Å²) in [5, 5.41) is 12.0. The summed E-state index contributed by atoms with van der Waals surface area (Å²) in [5.74, 6) is -0.888. The van der Waals surface area contributed by atoms with Crippen LogP contribution in [0.15, 0.2) is 12.1 Å². The molecule has 0 spiro atoms. The number of anilines is 1. The first-order valence-electron chi connectivity index (χ1n) is 5.96. The molecule has 0 bridgehead atoms. The number of aliphatic hydroxyl groups is 1. The number of aliphatic hydroxyl groups excluding tert-OH is 1. The predicted molar refractivity (Wildman–Crippen MR) is 66.7 cm³/mol. The Balaban J connectivity index is 2.19. The molecule has 2 rings (SSSR count). The molecule has 0 heterocycles. The minimum Gasteiger partial charge on any atom is -0.398 e. The van der Waals surface area contributed by atoms with E-state index in [0.29, 0.717) is 5.56 Å². The molecule has 4 nitrogen and oxygen atoms in total. The Morgan fingerprint density at radius 1 is 1.56 bits per heavy atom. The largest absolute Gasteiger partial charge is 0.398 e. The Morgan fingerprint density at radius 3 is 2.67 bits per heavy atom. The quantitative estimate of drug-likeness (QED) is 0.711. The molecule has 0 saturated heterocycles. The second-order valence-corrected chi connectivity index (χ2v) is 4.92. The number of hydrogen-bond acceptors (Lipinski definition) is 3. The second-order valence-electron chi connectivity index (χ2n) is 4.92. The van der Waals surface area contributed by atoms with Crippen molar-refractivity contribution >= 4 is 11.6 Å². The molecule has 4 N–H and O–H groups in total. The van der Waals surface area contributed by atoms with Gasteiger partial charge in [0.15, 0.2) is 0 Å². The summed E-state index contributed by atoms with van der Waals surface area (Å²) >= 11 is 0. The van der Waals surface area contributed by atoms with E-state index in [4.69, 9.17) is 5.73 Å². The van der Waals surface area contributed by atoms with Gasteiger partial charge in [0.05, 0.1) is 12.1 Å². The minimum absolute atomic E-state index is 0.0947. The number of hydrogen-bond donors (Lipinski definition) is 3. The first-order valence-corrected chi connectivity index (χ1v) is 5.96. The molecule has 0 radical (unpaired) electrons. The number of nitrogens with one attached hydrogen (secondary N) is 1. The normalized spacial score (nSPS) is 17.1. The first-order chi connectivity index (χ1) is 8.47. The van der Waals surface area contributed by atoms with Gasteiger partial charge in [-0.25, -0.2) is 4.39 Å². The average Bonchev–Trinajstić information content (AvgIpc) is 2.29. The van der Waals surface area contributed by atoms with E-state index in [-0.39, 0.29) is 17.9 Å². The van der Waals surface area contributed by atoms with Gasteiger partial charge < -0.3 is 16.2 Å². The van der Waals surface area contributed by atoms with E-state index in [0.717, 1.165) is 19.3 Å². The molecule has 1 saturated carbocycles. The zero-order valence-electron chi connectivity index (χ0n) is 10.3. The lowest BCUT2D eigenvalue weighted by Crippen LogP contribution is -2.56. The third kappa shape index (κ3) is 2.18. The van der Waals surface area contributed by atoms with Crippen LogP contribution in [0.5, 0.6) is 0 Å². The summed E-state index contributed by atoms with van der Waals surface area (Å²) in [4.78, 5) is 12.0. The molecule has 0 atom stereocenters. The zero-order valence-corrected chi connectivity index (χ0v) is 10.3. The predicted octanol–water partition coefficient (Wildman–Crippen LogP) is 1.36. The number of nitrogens with two attached hydrogens (primary N) is 1. The standard InChI is InChI=1S/C13H17FN2O2/c1-8-10(14)5-9(6-11(8)15)12(18)16-13(7-17)3-2-4-13/h5-6,17H,2-4,7,15H2,1H3,(H,16,18). The fourth-order valence-electron chi connectivity index (χ4n) is 2.07. The molecule has 98 valence electrons. The lowest BCUT2D eigenvalue weighted by atomic mass is 9.77. The molecule has 1 aromatic carbocycles. The summed E-state index contributed by atoms with van der Waals surface area (Å²) in [6, 6.07) is 2.63. The molecule has 1 aliphatic carbocycles. The lowest BCUT2D eigenvalue weighted by Gasteiger charge is -2.40. The van der Waals surface area contributed by atoms with E-state index in [9.17, 15) is 14.3 Å². The summed E-state index contributed by atoms with van der Waals surface area (Å²) in [6.45, 7) is 1.47. The monoisotopic (exact) mass is 252 g/mol. The number of carbonyl (C=O) groups excluding carboxylic acids is 1. The van der Waals surface area contributed by atoms with E-state index in [1.165, 1.54) is 12.1 Å². The van der Waals surface area contributed by atoms with Crippen LogP contribution in [0.1, 0.15) is 35.2 Å². The van der Waals surface area contributed by atoms with Crippen LogP contribution in [0.25, 0.3) is 0 Å². The van der Waals surface area contributed by atoms with Crippen LogP contribution in [0.3, 0.4) is 0 Å². The fraction of sp³-hybridized carbons (Fsp3) is 0.462. The summed E-state index contributed by atoms with van der Waals surface area (Å²) in [5.41, 5.74) is 5.88. The molecule has 1 aliphatic rings. The molecule has 0 aromatic heterocycles. The molecule has 18 heavy (non-hydrogen) atoms. The molecular formula is C13H17FN2O2. The Kier molecular flexibility index (Phi) is 3.26. The van der Waals surface area contributed by atoms with E-state index < -0.39 is 17.3 Å². The number of carbonyl (C=O) groups is 1. The van der Waals surface area contributed by atoms with Crippen LogP contribution < -0.4 is 11.1 Å². The summed E-state index contributed by atoms with van der Waals surface area (Å²) < 4.78 is 13.5. The molecule has 1 amide bonds. The van der Waals surface area contributed by atoms with Crippen molar-refractivity contribution < 1.29 is 14.3 Å². The third-order valence-corrected chi connectivity index (χ3v) is 3.64. The first kappa shape index (κ1) is 12.8. The van der Waals surface area contributed by atoms with Gasteiger partial charge in [-0.15, -0.1) is 0 Å². The second kappa shape index (κ2) is 4.57. The van der Waals surface area contributed by atoms with E-state index in [1.54, 1.807) is 6.92 Å². The highest BCUT2D eigenvalue weighted by molar-refractivity contribution is 5.95. The number of halogens is 1. The van der Waals surface area contributed by atoms with E-state index in [2.05, 4.69) is 5.32 Å². The van der Waals surface area contributed by atoms with Gasteiger partial charge in [-0.05, 0) is 38.3 Å². The van der Waals surface area contributed by atoms with Crippen molar-refractivity contribution in [3.8, 4) is 0 Å². The van der Waals surface area contributed by atoms with Gasteiger partial charge in [-0.2, -0.15) is 0 Å². The molecule has 0 aliphatic heterocycles.